The first-order valence-electron chi connectivity index (χ1n) is 5.34. The zero-order chi connectivity index (χ0) is 12.1. The van der Waals surface area contributed by atoms with Crippen molar-refractivity contribution in [3.05, 3.63) is 0 Å². The van der Waals surface area contributed by atoms with E-state index < -0.39 is 24.2 Å². The van der Waals surface area contributed by atoms with Gasteiger partial charge in [0.1, 0.15) is 0 Å². The Morgan fingerprint density at radius 3 is 2.50 bits per heavy atom. The van der Waals surface area contributed by atoms with Crippen molar-refractivity contribution in [3.63, 3.8) is 0 Å². The molecule has 1 unspecified atom stereocenters. The third-order valence-corrected chi connectivity index (χ3v) is 2.72. The number of nitrogens with zero attached hydrogens (tertiary/aromatic N) is 1. The molecule has 1 atom stereocenters. The van der Waals surface area contributed by atoms with Crippen molar-refractivity contribution in [1.82, 2.24) is 4.90 Å². The van der Waals surface area contributed by atoms with E-state index in [2.05, 4.69) is 0 Å². The highest BCUT2D eigenvalue weighted by Gasteiger charge is 2.32. The number of aliphatic carboxylic acids is 1. The molecule has 0 saturated carbocycles. The molecule has 0 aromatic heterocycles. The van der Waals surface area contributed by atoms with E-state index in [-0.39, 0.29) is 0 Å². The quantitative estimate of drug-likeness (QED) is 0.797. The molecule has 92 valence electrons. The Kier molecular flexibility index (Phi) is 4.52. The number of hydrogen-bond donors (Lipinski definition) is 1. The summed E-state index contributed by atoms with van der Waals surface area (Å²) in [6, 6.07) is 0. The van der Waals surface area contributed by atoms with Crippen molar-refractivity contribution in [2.45, 2.75) is 25.9 Å². The Bertz CT molecular complexity index is 264. The van der Waals surface area contributed by atoms with Gasteiger partial charge in [-0.3, -0.25) is 0 Å². The van der Waals surface area contributed by atoms with E-state index >= 15 is 0 Å². The van der Waals surface area contributed by atoms with E-state index in [1.165, 1.54) is 4.90 Å². The van der Waals surface area contributed by atoms with Gasteiger partial charge in [0, 0.05) is 19.0 Å². The molecular formula is C10H16FNO4. The lowest BCUT2D eigenvalue weighted by Gasteiger charge is -2.31. The van der Waals surface area contributed by atoms with Gasteiger partial charge in [-0.1, -0.05) is 0 Å². The molecule has 1 N–H and O–H groups in total. The minimum Gasteiger partial charge on any atom is -0.479 e. The van der Waals surface area contributed by atoms with E-state index in [0.717, 1.165) is 0 Å². The van der Waals surface area contributed by atoms with Crippen LogP contribution in [0.15, 0.2) is 0 Å². The van der Waals surface area contributed by atoms with Gasteiger partial charge in [-0.15, -0.1) is 0 Å². The molecular weight excluding hydrogens is 217 g/mol. The Hall–Kier alpha value is -1.33. The average molecular weight is 233 g/mol. The average Bonchev–Trinajstić information content (AvgIpc) is 2.28. The highest BCUT2D eigenvalue weighted by molar-refractivity contribution is 5.72. The highest BCUT2D eigenvalue weighted by atomic mass is 19.1. The molecule has 6 heteroatoms. The molecule has 0 aliphatic carbocycles. The number of likely N-dealkylation sites (tertiary alicyclic amines) is 1. The number of piperidine rings is 1. The number of halogens is 1. The lowest BCUT2D eigenvalue weighted by molar-refractivity contribution is -0.145. The molecule has 1 amide bonds. The van der Waals surface area contributed by atoms with Crippen molar-refractivity contribution in [3.8, 4) is 0 Å². The number of amides is 1. The third-order valence-electron chi connectivity index (χ3n) is 2.72. The fraction of sp³-hybridized carbons (Fsp3) is 0.800. The second-order valence-corrected chi connectivity index (χ2v) is 3.76. The first-order valence-corrected chi connectivity index (χ1v) is 5.34. The summed E-state index contributed by atoms with van der Waals surface area (Å²) in [4.78, 5) is 23.2. The van der Waals surface area contributed by atoms with Crippen LogP contribution in [0.4, 0.5) is 9.18 Å². The first kappa shape index (κ1) is 12.7. The van der Waals surface area contributed by atoms with Crippen LogP contribution in [0.5, 0.6) is 0 Å². The van der Waals surface area contributed by atoms with Gasteiger partial charge in [0.05, 0.1) is 6.61 Å². The molecule has 0 aromatic rings. The number of carboxylic acid groups (broad SMARTS) is 1. The van der Waals surface area contributed by atoms with Gasteiger partial charge in [-0.2, -0.15) is 0 Å². The molecule has 0 aromatic carbocycles. The zero-order valence-corrected chi connectivity index (χ0v) is 9.19. The molecule has 1 heterocycles. The number of alkyl halides is 1. The van der Waals surface area contributed by atoms with Gasteiger partial charge in [0.15, 0.2) is 6.17 Å². The summed E-state index contributed by atoms with van der Waals surface area (Å²) in [5, 5.41) is 8.51. The van der Waals surface area contributed by atoms with Crippen molar-refractivity contribution in [1.29, 1.82) is 0 Å². The molecule has 5 nitrogen and oxygen atoms in total. The van der Waals surface area contributed by atoms with Crippen LogP contribution in [0.2, 0.25) is 0 Å². The topological polar surface area (TPSA) is 66.8 Å². The summed E-state index contributed by atoms with van der Waals surface area (Å²) in [7, 11) is 0. The number of carbonyl (C=O) groups excluding carboxylic acids is 1. The summed E-state index contributed by atoms with van der Waals surface area (Å²) in [6.07, 6.45) is -1.51. The Balaban J connectivity index is 2.39. The van der Waals surface area contributed by atoms with Crippen LogP contribution in [0.3, 0.4) is 0 Å². The molecule has 1 rings (SSSR count). The normalized spacial score (nSPS) is 19.2. The van der Waals surface area contributed by atoms with E-state index in [9.17, 15) is 14.0 Å². The predicted octanol–water partition coefficient (Wildman–Crippen LogP) is 1.28. The smallest absolute Gasteiger partial charge is 0.409 e. The van der Waals surface area contributed by atoms with Crippen molar-refractivity contribution in [2.75, 3.05) is 19.7 Å². The van der Waals surface area contributed by atoms with Crippen LogP contribution in [0, 0.1) is 5.92 Å². The fourth-order valence-corrected chi connectivity index (χ4v) is 1.79. The van der Waals surface area contributed by atoms with Crippen molar-refractivity contribution < 1.29 is 23.8 Å². The largest absolute Gasteiger partial charge is 0.479 e. The molecule has 1 fully saturated rings. The van der Waals surface area contributed by atoms with Crippen LogP contribution in [-0.4, -0.2) is 47.9 Å². The van der Waals surface area contributed by atoms with E-state index in [1.807, 2.05) is 0 Å². The Morgan fingerprint density at radius 1 is 1.50 bits per heavy atom. The predicted molar refractivity (Wildman–Crippen MR) is 53.9 cm³/mol. The van der Waals surface area contributed by atoms with Gasteiger partial charge < -0.3 is 14.7 Å². The number of hydrogen-bond acceptors (Lipinski definition) is 3. The second kappa shape index (κ2) is 5.67. The van der Waals surface area contributed by atoms with Gasteiger partial charge in [0.25, 0.3) is 0 Å². The number of carbonyl (C=O) groups is 2. The number of rotatable bonds is 3. The highest BCUT2D eigenvalue weighted by Crippen LogP contribution is 2.23. The molecule has 0 bridgehead atoms. The molecule has 0 spiro atoms. The lowest BCUT2D eigenvalue weighted by atomic mass is 9.92. The lowest BCUT2D eigenvalue weighted by Crippen LogP contribution is -2.42. The minimum absolute atomic E-state index is 0.305. The molecule has 16 heavy (non-hydrogen) atoms. The molecule has 1 aliphatic heterocycles. The van der Waals surface area contributed by atoms with Crippen molar-refractivity contribution in [2.24, 2.45) is 5.92 Å². The van der Waals surface area contributed by atoms with Gasteiger partial charge in [-0.05, 0) is 19.8 Å². The second-order valence-electron chi connectivity index (χ2n) is 3.76. The molecule has 0 radical (unpaired) electrons. The SMILES string of the molecule is CCOC(=O)N1CCC(C(F)C(=O)O)CC1. The minimum atomic E-state index is -1.83. The van der Waals surface area contributed by atoms with Crippen molar-refractivity contribution >= 4 is 12.1 Å². The number of carboxylic acids is 1. The maximum atomic E-state index is 13.2. The van der Waals surface area contributed by atoms with E-state index in [1.54, 1.807) is 6.92 Å². The van der Waals surface area contributed by atoms with Crippen LogP contribution in [0.25, 0.3) is 0 Å². The van der Waals surface area contributed by atoms with Crippen LogP contribution >= 0.6 is 0 Å². The summed E-state index contributed by atoms with van der Waals surface area (Å²) in [6.45, 7) is 2.74. The monoisotopic (exact) mass is 233 g/mol. The summed E-state index contributed by atoms with van der Waals surface area (Å²) in [5.41, 5.74) is 0. The van der Waals surface area contributed by atoms with E-state index in [0.29, 0.717) is 32.5 Å². The van der Waals surface area contributed by atoms with Gasteiger partial charge in [0.2, 0.25) is 0 Å². The number of ether oxygens (including phenoxy) is 1. The fourth-order valence-electron chi connectivity index (χ4n) is 1.79. The standard InChI is InChI=1S/C10H16FNO4/c1-2-16-10(15)12-5-3-7(4-6-12)8(11)9(13)14/h7-8H,2-6H2,1H3,(H,13,14). The van der Waals surface area contributed by atoms with Crippen LogP contribution in [-0.2, 0) is 9.53 Å². The molecule has 1 saturated heterocycles. The van der Waals surface area contributed by atoms with Crippen LogP contribution < -0.4 is 0 Å². The van der Waals surface area contributed by atoms with Gasteiger partial charge >= 0.3 is 12.1 Å². The third kappa shape index (κ3) is 3.08. The van der Waals surface area contributed by atoms with Crippen LogP contribution in [0.1, 0.15) is 19.8 Å². The zero-order valence-electron chi connectivity index (χ0n) is 9.19. The molecule has 1 aliphatic rings. The maximum absolute atomic E-state index is 13.2. The first-order chi connectivity index (χ1) is 7.56. The Morgan fingerprint density at radius 2 is 2.06 bits per heavy atom. The Labute approximate surface area is 93.2 Å². The summed E-state index contributed by atoms with van der Waals surface area (Å²) in [5.74, 6) is -1.92. The van der Waals surface area contributed by atoms with E-state index in [4.69, 9.17) is 9.84 Å². The summed E-state index contributed by atoms with van der Waals surface area (Å²) < 4.78 is 18.0. The summed E-state index contributed by atoms with van der Waals surface area (Å²) >= 11 is 0. The maximum Gasteiger partial charge on any atom is 0.409 e. The van der Waals surface area contributed by atoms with Gasteiger partial charge in [-0.25, -0.2) is 14.0 Å².